The van der Waals surface area contributed by atoms with Crippen LogP contribution in [0, 0.1) is 0 Å². The summed E-state index contributed by atoms with van der Waals surface area (Å²) in [5, 5.41) is 12.9. The van der Waals surface area contributed by atoms with E-state index in [1.807, 2.05) is 12.1 Å². The van der Waals surface area contributed by atoms with Crippen molar-refractivity contribution in [2.45, 2.75) is 32.3 Å². The predicted molar refractivity (Wildman–Crippen MR) is 77.6 cm³/mol. The number of aliphatic hydroxyl groups excluding tert-OH is 1. The van der Waals surface area contributed by atoms with E-state index in [1.54, 1.807) is 11.3 Å². The molecule has 1 heterocycles. The molecule has 0 aliphatic heterocycles. The van der Waals surface area contributed by atoms with E-state index in [4.69, 9.17) is 16.3 Å². The lowest BCUT2D eigenvalue weighted by Gasteiger charge is -2.11. The molecule has 5 heteroatoms. The second-order valence-corrected chi connectivity index (χ2v) is 6.04. The first-order valence-corrected chi connectivity index (χ1v) is 7.62. The zero-order chi connectivity index (χ0) is 13.2. The topological polar surface area (TPSA) is 41.5 Å². The number of unbranched alkanes of at least 4 members (excludes halogenated alkanes) is 1. The Morgan fingerprint density at radius 3 is 3.00 bits per heavy atom. The van der Waals surface area contributed by atoms with Gasteiger partial charge in [0, 0.05) is 24.6 Å². The van der Waals surface area contributed by atoms with Gasteiger partial charge in [-0.1, -0.05) is 24.9 Å². The highest BCUT2D eigenvalue weighted by Gasteiger charge is 2.03. The predicted octanol–water partition coefficient (Wildman–Crippen LogP) is 2.71. The Morgan fingerprint density at radius 2 is 2.33 bits per heavy atom. The number of nitrogens with one attached hydrogen (secondary N) is 1. The van der Waals surface area contributed by atoms with Crippen LogP contribution in [0.15, 0.2) is 12.1 Å². The maximum atomic E-state index is 9.64. The first-order valence-electron chi connectivity index (χ1n) is 6.43. The molecule has 0 spiro atoms. The van der Waals surface area contributed by atoms with Crippen LogP contribution in [0.5, 0.6) is 0 Å². The SMILES string of the molecule is CCCCOCC(O)CNCCc1ccc(Cl)s1. The fourth-order valence-corrected chi connectivity index (χ4v) is 2.58. The standard InChI is InChI=1S/C13H22ClNO2S/c1-2-3-8-17-10-11(16)9-15-7-6-12-4-5-13(14)18-12/h4-5,11,15-16H,2-3,6-10H2,1H3. The van der Waals surface area contributed by atoms with Gasteiger partial charge in [-0.2, -0.15) is 0 Å². The summed E-state index contributed by atoms with van der Waals surface area (Å²) in [6.45, 7) is 4.70. The molecule has 0 bridgehead atoms. The van der Waals surface area contributed by atoms with Crippen LogP contribution < -0.4 is 5.32 Å². The molecule has 18 heavy (non-hydrogen) atoms. The normalized spacial score (nSPS) is 12.8. The molecule has 0 saturated heterocycles. The monoisotopic (exact) mass is 291 g/mol. The lowest BCUT2D eigenvalue weighted by Crippen LogP contribution is -2.31. The van der Waals surface area contributed by atoms with Gasteiger partial charge in [0.1, 0.15) is 0 Å². The summed E-state index contributed by atoms with van der Waals surface area (Å²) in [5.74, 6) is 0. The van der Waals surface area contributed by atoms with Gasteiger partial charge >= 0.3 is 0 Å². The zero-order valence-electron chi connectivity index (χ0n) is 10.8. The van der Waals surface area contributed by atoms with Gasteiger partial charge in [0.15, 0.2) is 0 Å². The Kier molecular flexibility index (Phi) is 8.63. The van der Waals surface area contributed by atoms with E-state index in [2.05, 4.69) is 12.2 Å². The van der Waals surface area contributed by atoms with Crippen molar-refractivity contribution in [1.82, 2.24) is 5.32 Å². The summed E-state index contributed by atoms with van der Waals surface area (Å²) in [6.07, 6.45) is 2.70. The first kappa shape index (κ1) is 15.9. The van der Waals surface area contributed by atoms with Crippen LogP contribution in [-0.4, -0.2) is 37.5 Å². The van der Waals surface area contributed by atoms with E-state index in [1.165, 1.54) is 4.88 Å². The molecule has 0 aromatic carbocycles. The van der Waals surface area contributed by atoms with Gasteiger partial charge in [0.25, 0.3) is 0 Å². The van der Waals surface area contributed by atoms with E-state index in [0.717, 1.165) is 36.8 Å². The van der Waals surface area contributed by atoms with Crippen molar-refractivity contribution >= 4 is 22.9 Å². The molecule has 1 rings (SSSR count). The summed E-state index contributed by atoms with van der Waals surface area (Å²) in [7, 11) is 0. The van der Waals surface area contributed by atoms with Crippen molar-refractivity contribution in [3.63, 3.8) is 0 Å². The Labute approximate surface area is 118 Å². The first-order chi connectivity index (χ1) is 8.72. The molecular formula is C13H22ClNO2S. The lowest BCUT2D eigenvalue weighted by atomic mass is 10.3. The van der Waals surface area contributed by atoms with Gasteiger partial charge in [-0.05, 0) is 25.0 Å². The molecule has 1 atom stereocenters. The third-order valence-electron chi connectivity index (χ3n) is 2.51. The molecular weight excluding hydrogens is 270 g/mol. The minimum Gasteiger partial charge on any atom is -0.389 e. The molecule has 1 unspecified atom stereocenters. The van der Waals surface area contributed by atoms with E-state index in [-0.39, 0.29) is 0 Å². The minimum atomic E-state index is -0.422. The van der Waals surface area contributed by atoms with E-state index < -0.39 is 6.10 Å². The molecule has 0 aliphatic rings. The number of thiophene rings is 1. The third kappa shape index (κ3) is 7.34. The Bertz CT molecular complexity index is 320. The van der Waals surface area contributed by atoms with Crippen LogP contribution in [0.4, 0.5) is 0 Å². The van der Waals surface area contributed by atoms with Crippen LogP contribution in [0.2, 0.25) is 4.34 Å². The average molecular weight is 292 g/mol. The third-order valence-corrected chi connectivity index (χ3v) is 3.80. The quantitative estimate of drug-likeness (QED) is 0.651. The number of rotatable bonds is 10. The Hall–Kier alpha value is -0.130. The summed E-state index contributed by atoms with van der Waals surface area (Å²) in [6, 6.07) is 3.96. The Balaban J connectivity index is 1.96. The second kappa shape index (κ2) is 9.75. The number of aliphatic hydroxyl groups is 1. The highest BCUT2D eigenvalue weighted by atomic mass is 35.5. The van der Waals surface area contributed by atoms with Crippen molar-refractivity contribution in [3.05, 3.63) is 21.3 Å². The molecule has 1 aromatic heterocycles. The van der Waals surface area contributed by atoms with Crippen LogP contribution in [0.1, 0.15) is 24.6 Å². The fourth-order valence-electron chi connectivity index (χ4n) is 1.49. The van der Waals surface area contributed by atoms with E-state index >= 15 is 0 Å². The maximum absolute atomic E-state index is 9.64. The van der Waals surface area contributed by atoms with Crippen molar-refractivity contribution in [1.29, 1.82) is 0 Å². The molecule has 0 fully saturated rings. The van der Waals surface area contributed by atoms with Crippen molar-refractivity contribution in [2.75, 3.05) is 26.3 Å². The van der Waals surface area contributed by atoms with Crippen LogP contribution >= 0.6 is 22.9 Å². The zero-order valence-corrected chi connectivity index (χ0v) is 12.4. The van der Waals surface area contributed by atoms with Gasteiger partial charge in [-0.15, -0.1) is 11.3 Å². The van der Waals surface area contributed by atoms with Crippen molar-refractivity contribution in [3.8, 4) is 0 Å². The fraction of sp³-hybridized carbons (Fsp3) is 0.692. The summed E-state index contributed by atoms with van der Waals surface area (Å²) < 4.78 is 6.18. The largest absolute Gasteiger partial charge is 0.389 e. The minimum absolute atomic E-state index is 0.415. The average Bonchev–Trinajstić information content (AvgIpc) is 2.76. The number of ether oxygens (including phenoxy) is 1. The second-order valence-electron chi connectivity index (χ2n) is 4.24. The van der Waals surface area contributed by atoms with Gasteiger partial charge in [0.05, 0.1) is 17.0 Å². The van der Waals surface area contributed by atoms with Crippen molar-refractivity contribution < 1.29 is 9.84 Å². The van der Waals surface area contributed by atoms with Gasteiger partial charge in [-0.3, -0.25) is 0 Å². The molecule has 0 radical (unpaired) electrons. The number of hydrogen-bond donors (Lipinski definition) is 2. The lowest BCUT2D eigenvalue weighted by molar-refractivity contribution is 0.0361. The summed E-state index contributed by atoms with van der Waals surface area (Å²) >= 11 is 7.45. The summed E-state index contributed by atoms with van der Waals surface area (Å²) in [4.78, 5) is 1.26. The highest BCUT2D eigenvalue weighted by molar-refractivity contribution is 7.16. The summed E-state index contributed by atoms with van der Waals surface area (Å²) in [5.41, 5.74) is 0. The molecule has 1 aromatic rings. The van der Waals surface area contributed by atoms with Gasteiger partial charge in [0.2, 0.25) is 0 Å². The van der Waals surface area contributed by atoms with Crippen molar-refractivity contribution in [2.24, 2.45) is 0 Å². The number of halogens is 1. The molecule has 104 valence electrons. The van der Waals surface area contributed by atoms with Crippen LogP contribution in [-0.2, 0) is 11.2 Å². The smallest absolute Gasteiger partial charge is 0.0931 e. The van der Waals surface area contributed by atoms with E-state index in [9.17, 15) is 5.11 Å². The Morgan fingerprint density at radius 1 is 1.50 bits per heavy atom. The molecule has 0 amide bonds. The number of hydrogen-bond acceptors (Lipinski definition) is 4. The molecule has 3 nitrogen and oxygen atoms in total. The molecule has 2 N–H and O–H groups in total. The van der Waals surface area contributed by atoms with E-state index in [0.29, 0.717) is 13.2 Å². The van der Waals surface area contributed by atoms with Gasteiger partial charge < -0.3 is 15.2 Å². The molecule has 0 saturated carbocycles. The maximum Gasteiger partial charge on any atom is 0.0931 e. The van der Waals surface area contributed by atoms with Gasteiger partial charge in [-0.25, -0.2) is 0 Å². The van der Waals surface area contributed by atoms with Crippen LogP contribution in [0.25, 0.3) is 0 Å². The highest BCUT2D eigenvalue weighted by Crippen LogP contribution is 2.21. The molecule has 0 aliphatic carbocycles. The van der Waals surface area contributed by atoms with Crippen LogP contribution in [0.3, 0.4) is 0 Å².